The first-order valence-electron chi connectivity index (χ1n) is 11.0. The Morgan fingerprint density at radius 2 is 1.70 bits per heavy atom. The number of hydrogen-bond donors (Lipinski definition) is 1. The summed E-state index contributed by atoms with van der Waals surface area (Å²) in [6.45, 7) is 0. The lowest BCUT2D eigenvalue weighted by atomic mass is 9.84. The van der Waals surface area contributed by atoms with Crippen LogP contribution in [-0.2, 0) is 4.79 Å². The van der Waals surface area contributed by atoms with Crippen LogP contribution in [0.5, 0.6) is 0 Å². The maximum Gasteiger partial charge on any atom is 0.262 e. The van der Waals surface area contributed by atoms with Crippen molar-refractivity contribution in [2.24, 2.45) is 5.92 Å². The van der Waals surface area contributed by atoms with Gasteiger partial charge in [0.2, 0.25) is 5.91 Å². The van der Waals surface area contributed by atoms with E-state index in [1.165, 1.54) is 29.9 Å². The quantitative estimate of drug-likeness (QED) is 0.423. The van der Waals surface area contributed by atoms with E-state index in [1.807, 2.05) is 24.3 Å². The average molecular weight is 502 g/mol. The van der Waals surface area contributed by atoms with E-state index in [2.05, 4.69) is 10.3 Å². The van der Waals surface area contributed by atoms with Crippen molar-refractivity contribution in [3.05, 3.63) is 57.6 Å². The van der Waals surface area contributed by atoms with Gasteiger partial charge in [-0.3, -0.25) is 19.3 Å². The van der Waals surface area contributed by atoms with Crippen LogP contribution in [0, 0.1) is 5.92 Å². The lowest BCUT2D eigenvalue weighted by Gasteiger charge is -2.30. The van der Waals surface area contributed by atoms with E-state index in [1.54, 1.807) is 0 Å². The molecular formula is C24H21Cl2N3O3S. The van der Waals surface area contributed by atoms with Crippen molar-refractivity contribution in [2.75, 3.05) is 5.32 Å². The topological polar surface area (TPSA) is 79.4 Å². The maximum atomic E-state index is 13.5. The Hall–Kier alpha value is -2.48. The molecule has 1 aliphatic heterocycles. The van der Waals surface area contributed by atoms with Gasteiger partial charge in [0, 0.05) is 0 Å². The molecule has 3 aromatic rings. The summed E-state index contributed by atoms with van der Waals surface area (Å²) in [5.41, 5.74) is 1.14. The van der Waals surface area contributed by atoms with E-state index in [0.717, 1.165) is 40.8 Å². The first-order valence-corrected chi connectivity index (χ1v) is 12.5. The smallest absolute Gasteiger partial charge is 0.262 e. The first-order chi connectivity index (χ1) is 15.9. The highest BCUT2D eigenvalue weighted by atomic mass is 35.5. The molecule has 0 unspecified atom stereocenters. The van der Waals surface area contributed by atoms with Crippen LogP contribution < -0.4 is 5.32 Å². The van der Waals surface area contributed by atoms with Crippen molar-refractivity contribution >= 4 is 67.6 Å². The Bertz CT molecular complexity index is 1200. The van der Waals surface area contributed by atoms with Crippen molar-refractivity contribution in [2.45, 2.75) is 44.6 Å². The molecule has 170 valence electrons. The number of thiazole rings is 1. The van der Waals surface area contributed by atoms with Gasteiger partial charge in [0.15, 0.2) is 5.13 Å². The average Bonchev–Trinajstić information content (AvgIpc) is 3.31. The highest BCUT2D eigenvalue weighted by molar-refractivity contribution is 7.22. The molecule has 1 saturated carbocycles. The van der Waals surface area contributed by atoms with E-state index in [-0.39, 0.29) is 27.1 Å². The third-order valence-electron chi connectivity index (χ3n) is 6.38. The van der Waals surface area contributed by atoms with Crippen LogP contribution >= 0.6 is 34.5 Å². The van der Waals surface area contributed by atoms with Crippen LogP contribution in [-0.4, -0.2) is 33.6 Å². The molecule has 2 aliphatic rings. The molecule has 3 amide bonds. The second kappa shape index (κ2) is 9.05. The molecule has 2 aromatic carbocycles. The summed E-state index contributed by atoms with van der Waals surface area (Å²) in [5.74, 6) is -1.18. The molecule has 1 atom stereocenters. The van der Waals surface area contributed by atoms with Gasteiger partial charge in [-0.1, -0.05) is 78.8 Å². The third-order valence-corrected chi connectivity index (χ3v) is 8.05. The van der Waals surface area contributed by atoms with Crippen molar-refractivity contribution in [3.8, 4) is 0 Å². The molecule has 0 radical (unpaired) electrons. The normalized spacial score (nSPS) is 17.5. The molecule has 0 saturated heterocycles. The van der Waals surface area contributed by atoms with Gasteiger partial charge in [-0.15, -0.1) is 0 Å². The Morgan fingerprint density at radius 1 is 1.06 bits per heavy atom. The van der Waals surface area contributed by atoms with Gasteiger partial charge in [-0.05, 0) is 36.6 Å². The molecular weight excluding hydrogens is 481 g/mol. The minimum atomic E-state index is -0.940. The monoisotopic (exact) mass is 501 g/mol. The summed E-state index contributed by atoms with van der Waals surface area (Å²) in [5, 5.41) is 3.69. The molecule has 9 heteroatoms. The number of nitrogens with one attached hydrogen (secondary N) is 1. The molecule has 6 nitrogen and oxygen atoms in total. The van der Waals surface area contributed by atoms with Crippen LogP contribution in [0.3, 0.4) is 0 Å². The fourth-order valence-electron chi connectivity index (χ4n) is 4.72. The summed E-state index contributed by atoms with van der Waals surface area (Å²) >= 11 is 13.6. The van der Waals surface area contributed by atoms with E-state index in [0.29, 0.717) is 11.6 Å². The second-order valence-electron chi connectivity index (χ2n) is 8.52. The van der Waals surface area contributed by atoms with Gasteiger partial charge in [0.25, 0.3) is 11.8 Å². The number of halogens is 2. The number of carbonyl (C=O) groups is 3. The van der Waals surface area contributed by atoms with Crippen molar-refractivity contribution in [1.82, 2.24) is 9.88 Å². The molecule has 1 aromatic heterocycles. The van der Waals surface area contributed by atoms with Gasteiger partial charge in [-0.2, -0.15) is 0 Å². The number of imide groups is 1. The zero-order valence-corrected chi connectivity index (χ0v) is 20.0. The molecule has 0 spiro atoms. The van der Waals surface area contributed by atoms with E-state index >= 15 is 0 Å². The van der Waals surface area contributed by atoms with Crippen LogP contribution in [0.1, 0.15) is 59.2 Å². The number of rotatable bonds is 5. The summed E-state index contributed by atoms with van der Waals surface area (Å²) in [4.78, 5) is 45.6. The van der Waals surface area contributed by atoms with E-state index < -0.39 is 23.8 Å². The molecule has 0 bridgehead atoms. The fourth-order valence-corrected chi connectivity index (χ4v) is 5.91. The van der Waals surface area contributed by atoms with E-state index in [4.69, 9.17) is 23.2 Å². The SMILES string of the molecule is O=C(Nc1nc2ccccc2s1)[C@H](CC1CCCCC1)N1C(=O)c2cc(Cl)c(Cl)cc2C1=O. The van der Waals surface area contributed by atoms with Gasteiger partial charge in [-0.25, -0.2) is 4.98 Å². The van der Waals surface area contributed by atoms with Crippen LogP contribution in [0.15, 0.2) is 36.4 Å². The van der Waals surface area contributed by atoms with Crippen LogP contribution in [0.2, 0.25) is 10.0 Å². The number of para-hydroxylation sites is 1. The number of fused-ring (bicyclic) bond motifs is 2. The van der Waals surface area contributed by atoms with E-state index in [9.17, 15) is 14.4 Å². The van der Waals surface area contributed by atoms with Gasteiger partial charge in [0.05, 0.1) is 31.4 Å². The van der Waals surface area contributed by atoms with Crippen molar-refractivity contribution in [3.63, 3.8) is 0 Å². The minimum absolute atomic E-state index is 0.177. The Balaban J connectivity index is 1.46. The first kappa shape index (κ1) is 22.3. The molecule has 5 rings (SSSR count). The van der Waals surface area contributed by atoms with Gasteiger partial charge < -0.3 is 5.32 Å². The molecule has 33 heavy (non-hydrogen) atoms. The zero-order chi connectivity index (χ0) is 23.1. The third kappa shape index (κ3) is 4.25. The number of hydrogen-bond acceptors (Lipinski definition) is 5. The predicted molar refractivity (Wildman–Crippen MR) is 130 cm³/mol. The standard InChI is InChI=1S/C24H21Cl2N3O3S/c25-16-11-14-15(12-17(16)26)23(32)29(22(14)31)19(10-13-6-2-1-3-7-13)21(30)28-24-27-18-8-4-5-9-20(18)33-24/h4-5,8-9,11-13,19H,1-3,6-7,10H2,(H,27,28,30)/t19-/m0/s1. The number of aromatic nitrogens is 1. The van der Waals surface area contributed by atoms with Crippen molar-refractivity contribution < 1.29 is 14.4 Å². The lowest BCUT2D eigenvalue weighted by Crippen LogP contribution is -2.48. The predicted octanol–water partition coefficient (Wildman–Crippen LogP) is 6.18. The Morgan fingerprint density at radius 3 is 2.33 bits per heavy atom. The second-order valence-corrected chi connectivity index (χ2v) is 10.4. The number of benzene rings is 2. The van der Waals surface area contributed by atoms with Crippen LogP contribution in [0.4, 0.5) is 5.13 Å². The fraction of sp³-hybridized carbons (Fsp3) is 0.333. The van der Waals surface area contributed by atoms with Crippen LogP contribution in [0.25, 0.3) is 10.2 Å². The minimum Gasteiger partial charge on any atom is -0.300 e. The lowest BCUT2D eigenvalue weighted by molar-refractivity contribution is -0.120. The highest BCUT2D eigenvalue weighted by Crippen LogP contribution is 2.36. The number of anilines is 1. The van der Waals surface area contributed by atoms with Gasteiger partial charge >= 0.3 is 0 Å². The summed E-state index contributed by atoms with van der Waals surface area (Å²) < 4.78 is 0.946. The molecule has 1 N–H and O–H groups in total. The Kier molecular flexibility index (Phi) is 6.12. The number of carbonyl (C=O) groups excluding carboxylic acids is 3. The molecule has 1 aliphatic carbocycles. The number of nitrogens with zero attached hydrogens (tertiary/aromatic N) is 2. The summed E-state index contributed by atoms with van der Waals surface area (Å²) in [6.07, 6.45) is 5.72. The number of amides is 3. The maximum absolute atomic E-state index is 13.5. The summed E-state index contributed by atoms with van der Waals surface area (Å²) in [6, 6.07) is 9.47. The van der Waals surface area contributed by atoms with Crippen molar-refractivity contribution in [1.29, 1.82) is 0 Å². The highest BCUT2D eigenvalue weighted by Gasteiger charge is 2.44. The molecule has 2 heterocycles. The zero-order valence-electron chi connectivity index (χ0n) is 17.6. The Labute approximate surface area is 204 Å². The van der Waals surface area contributed by atoms with Gasteiger partial charge in [0.1, 0.15) is 6.04 Å². The largest absolute Gasteiger partial charge is 0.300 e. The molecule has 1 fully saturated rings. The summed E-state index contributed by atoms with van der Waals surface area (Å²) in [7, 11) is 0.